The standard InChI is InChI=1S/C23H27ClN6O3/c1-6-25-22(31)23(2,3)30-21-14-8-17(32-4)18(33-5)9-16(14)28-20(29-21)15-11-27-19-13(15)7-12(24)10-26-19/h8-11,13H,6-7H2,1-5H3,(H,25,31)(H,26,27)(H,28,29,30). The molecule has 3 N–H and O–H groups in total. The van der Waals surface area contributed by atoms with Crippen LogP contribution in [0.15, 0.2) is 34.6 Å². The minimum atomic E-state index is -0.923. The molecule has 0 saturated carbocycles. The quantitative estimate of drug-likeness (QED) is 0.568. The lowest BCUT2D eigenvalue weighted by Crippen LogP contribution is -2.48. The van der Waals surface area contributed by atoms with E-state index in [2.05, 4.69) is 20.9 Å². The molecule has 174 valence electrons. The molecule has 9 nitrogen and oxygen atoms in total. The monoisotopic (exact) mass is 470 g/mol. The van der Waals surface area contributed by atoms with Crippen LogP contribution in [0.3, 0.4) is 0 Å². The van der Waals surface area contributed by atoms with E-state index in [1.165, 1.54) is 0 Å². The highest BCUT2D eigenvalue weighted by atomic mass is 35.5. The van der Waals surface area contributed by atoms with E-state index in [9.17, 15) is 4.79 Å². The summed E-state index contributed by atoms with van der Waals surface area (Å²) in [6.07, 6.45) is 4.12. The first kappa shape index (κ1) is 22.8. The van der Waals surface area contributed by atoms with Crippen LogP contribution < -0.4 is 25.4 Å². The Labute approximate surface area is 197 Å². The van der Waals surface area contributed by atoms with Crippen molar-refractivity contribution in [1.82, 2.24) is 20.6 Å². The van der Waals surface area contributed by atoms with E-state index < -0.39 is 5.54 Å². The Morgan fingerprint density at radius 3 is 2.67 bits per heavy atom. The van der Waals surface area contributed by atoms with Gasteiger partial charge in [-0.1, -0.05) is 11.6 Å². The van der Waals surface area contributed by atoms with Gasteiger partial charge >= 0.3 is 0 Å². The van der Waals surface area contributed by atoms with Gasteiger partial charge < -0.3 is 25.4 Å². The summed E-state index contributed by atoms with van der Waals surface area (Å²) >= 11 is 6.26. The van der Waals surface area contributed by atoms with E-state index in [-0.39, 0.29) is 11.8 Å². The average Bonchev–Trinajstić information content (AvgIpc) is 3.21. The number of aromatic nitrogens is 2. The number of hydrogen-bond donors (Lipinski definition) is 3. The number of benzene rings is 1. The molecule has 0 aliphatic carbocycles. The van der Waals surface area contributed by atoms with E-state index in [0.717, 1.165) is 11.4 Å². The van der Waals surface area contributed by atoms with Crippen LogP contribution in [-0.2, 0) is 4.79 Å². The number of halogens is 1. The third-order valence-electron chi connectivity index (χ3n) is 5.62. The Bertz CT molecular complexity index is 1200. The molecule has 10 heteroatoms. The normalized spacial score (nSPS) is 17.4. The lowest BCUT2D eigenvalue weighted by Gasteiger charge is -2.27. The molecule has 0 radical (unpaired) electrons. The van der Waals surface area contributed by atoms with Crippen molar-refractivity contribution < 1.29 is 14.3 Å². The molecule has 33 heavy (non-hydrogen) atoms. The summed E-state index contributed by atoms with van der Waals surface area (Å²) in [7, 11) is 3.15. The van der Waals surface area contributed by atoms with Crippen molar-refractivity contribution >= 4 is 45.6 Å². The van der Waals surface area contributed by atoms with Gasteiger partial charge in [0.05, 0.1) is 25.7 Å². The zero-order chi connectivity index (χ0) is 23.8. The molecule has 0 spiro atoms. The van der Waals surface area contributed by atoms with Crippen molar-refractivity contribution in [2.24, 2.45) is 10.9 Å². The van der Waals surface area contributed by atoms with Gasteiger partial charge in [0.25, 0.3) is 0 Å². The Morgan fingerprint density at radius 1 is 1.24 bits per heavy atom. The maximum Gasteiger partial charge on any atom is 0.245 e. The highest BCUT2D eigenvalue weighted by molar-refractivity contribution is 6.30. The van der Waals surface area contributed by atoms with Crippen molar-refractivity contribution in [1.29, 1.82) is 0 Å². The Balaban J connectivity index is 1.85. The zero-order valence-corrected chi connectivity index (χ0v) is 20.0. The van der Waals surface area contributed by atoms with Gasteiger partial charge in [-0.3, -0.25) is 4.79 Å². The van der Waals surface area contributed by atoms with Crippen LogP contribution in [0.1, 0.15) is 33.0 Å². The summed E-state index contributed by atoms with van der Waals surface area (Å²) in [5, 5.41) is 10.7. The van der Waals surface area contributed by atoms with Gasteiger partial charge in [-0.2, -0.15) is 0 Å². The Hall–Kier alpha value is -3.33. The molecule has 1 aromatic carbocycles. The molecule has 2 aliphatic rings. The number of amidine groups is 1. The summed E-state index contributed by atoms with van der Waals surface area (Å²) in [6, 6.07) is 3.61. The number of nitrogens with one attached hydrogen (secondary N) is 3. The minimum Gasteiger partial charge on any atom is -0.493 e. The van der Waals surface area contributed by atoms with Crippen LogP contribution in [-0.4, -0.2) is 48.0 Å². The molecule has 2 aromatic rings. The molecule has 2 aliphatic heterocycles. The van der Waals surface area contributed by atoms with Gasteiger partial charge in [0.2, 0.25) is 5.91 Å². The van der Waals surface area contributed by atoms with Gasteiger partial charge in [-0.25, -0.2) is 15.0 Å². The van der Waals surface area contributed by atoms with Crippen LogP contribution >= 0.6 is 11.6 Å². The van der Waals surface area contributed by atoms with Crippen molar-refractivity contribution in [2.75, 3.05) is 26.1 Å². The van der Waals surface area contributed by atoms with Gasteiger partial charge in [0.15, 0.2) is 17.3 Å². The number of aliphatic imine (C=N–C) groups is 1. The van der Waals surface area contributed by atoms with Crippen LogP contribution in [0.25, 0.3) is 16.5 Å². The fourth-order valence-corrected chi connectivity index (χ4v) is 4.06. The second kappa shape index (κ2) is 8.90. The molecule has 0 bridgehead atoms. The third-order valence-corrected chi connectivity index (χ3v) is 5.87. The van der Waals surface area contributed by atoms with E-state index in [1.807, 2.05) is 19.2 Å². The fraction of sp³-hybridized carbons (Fsp3) is 0.391. The van der Waals surface area contributed by atoms with Crippen molar-refractivity contribution in [3.8, 4) is 11.5 Å². The van der Waals surface area contributed by atoms with Crippen molar-refractivity contribution in [2.45, 2.75) is 32.7 Å². The molecule has 3 heterocycles. The lowest BCUT2D eigenvalue weighted by atomic mass is 9.95. The van der Waals surface area contributed by atoms with E-state index in [0.29, 0.717) is 52.0 Å². The number of allylic oxidation sites excluding steroid dienone is 1. The molecule has 1 unspecified atom stereocenters. The third kappa shape index (κ3) is 4.32. The van der Waals surface area contributed by atoms with Crippen LogP contribution in [0.4, 0.5) is 5.82 Å². The first-order chi connectivity index (χ1) is 15.8. The van der Waals surface area contributed by atoms with Gasteiger partial charge in [-0.05, 0) is 33.3 Å². The molecule has 0 fully saturated rings. The number of fused-ring (bicyclic) bond motifs is 2. The van der Waals surface area contributed by atoms with Crippen LogP contribution in [0.5, 0.6) is 11.5 Å². The predicted octanol–water partition coefficient (Wildman–Crippen LogP) is 3.42. The summed E-state index contributed by atoms with van der Waals surface area (Å²) in [5.41, 5.74) is 0.596. The molecule has 1 aromatic heterocycles. The predicted molar refractivity (Wildman–Crippen MR) is 130 cm³/mol. The molecule has 1 atom stereocenters. The summed E-state index contributed by atoms with van der Waals surface area (Å²) in [6.45, 7) is 6.02. The summed E-state index contributed by atoms with van der Waals surface area (Å²) < 4.78 is 11.0. The summed E-state index contributed by atoms with van der Waals surface area (Å²) in [5.74, 6) is 2.72. The molecular weight excluding hydrogens is 444 g/mol. The number of methoxy groups -OCH3 is 2. The first-order valence-electron chi connectivity index (χ1n) is 10.7. The molecule has 0 saturated heterocycles. The highest BCUT2D eigenvalue weighted by Crippen LogP contribution is 2.39. The lowest BCUT2D eigenvalue weighted by molar-refractivity contribution is -0.124. The average molecular weight is 471 g/mol. The van der Waals surface area contributed by atoms with Gasteiger partial charge in [0, 0.05) is 41.0 Å². The van der Waals surface area contributed by atoms with Crippen LogP contribution in [0, 0.1) is 5.92 Å². The molecule has 4 rings (SSSR count). The smallest absolute Gasteiger partial charge is 0.245 e. The number of carbonyl (C=O) groups excluding carboxylic acids is 1. The molecular formula is C23H27ClN6O3. The number of likely N-dealkylation sites (N-methyl/N-ethyl adjacent to an activating group) is 1. The number of amides is 1. The number of hydrogen-bond acceptors (Lipinski definition) is 8. The maximum atomic E-state index is 12.7. The highest BCUT2D eigenvalue weighted by Gasteiger charge is 2.33. The molecule has 1 amide bonds. The second-order valence-corrected chi connectivity index (χ2v) is 8.81. The van der Waals surface area contributed by atoms with E-state index >= 15 is 0 Å². The first-order valence-corrected chi connectivity index (χ1v) is 11.0. The maximum absolute atomic E-state index is 12.7. The second-order valence-electron chi connectivity index (χ2n) is 8.32. The van der Waals surface area contributed by atoms with Gasteiger partial charge in [0.1, 0.15) is 17.2 Å². The zero-order valence-electron chi connectivity index (χ0n) is 19.2. The number of nitrogens with zero attached hydrogens (tertiary/aromatic N) is 3. The summed E-state index contributed by atoms with van der Waals surface area (Å²) in [4.78, 5) is 26.7. The van der Waals surface area contributed by atoms with E-state index in [4.69, 9.17) is 31.0 Å². The number of anilines is 1. The fourth-order valence-electron chi connectivity index (χ4n) is 3.86. The van der Waals surface area contributed by atoms with E-state index in [1.54, 1.807) is 40.3 Å². The van der Waals surface area contributed by atoms with Crippen molar-refractivity contribution in [3.05, 3.63) is 35.4 Å². The van der Waals surface area contributed by atoms with Crippen molar-refractivity contribution in [3.63, 3.8) is 0 Å². The largest absolute Gasteiger partial charge is 0.493 e. The van der Waals surface area contributed by atoms with Crippen LogP contribution in [0.2, 0.25) is 0 Å². The van der Waals surface area contributed by atoms with Gasteiger partial charge in [-0.15, -0.1) is 0 Å². The number of rotatable bonds is 7. The number of ether oxygens (including phenoxy) is 2. The number of carbonyl (C=O) groups is 1. The SMILES string of the molecule is CCNC(=O)C(C)(C)Nc1nc(C2=CNC3=NC=C(Cl)CC23)nc2cc(OC)c(OC)cc12. The topological polar surface area (TPSA) is 110 Å². The Morgan fingerprint density at radius 2 is 1.97 bits per heavy atom. The Kier molecular flexibility index (Phi) is 6.16. The minimum absolute atomic E-state index is 0.0654.